The first-order valence-corrected chi connectivity index (χ1v) is 11.1. The van der Waals surface area contributed by atoms with Gasteiger partial charge in [0.2, 0.25) is 5.91 Å². The van der Waals surface area contributed by atoms with Crippen molar-refractivity contribution >= 4 is 23.2 Å². The molecule has 0 N–H and O–H groups in total. The SMILES string of the molecule is CCC(C)CN(CC(=O)N(Cc1ccccc1)Cc1cccs1)C(=O)c1ccco1. The highest BCUT2D eigenvalue weighted by molar-refractivity contribution is 7.09. The lowest BCUT2D eigenvalue weighted by atomic mass is 10.1. The standard InChI is InChI=1S/C24H28N2O3S/c1-3-19(2)15-26(24(28)22-12-7-13-29-22)18-23(27)25(17-21-11-8-14-30-21)16-20-9-5-4-6-10-20/h4-14,19H,3,15-18H2,1-2H3. The Labute approximate surface area is 181 Å². The first-order valence-electron chi connectivity index (χ1n) is 10.2. The van der Waals surface area contributed by atoms with Crippen molar-refractivity contribution in [3.63, 3.8) is 0 Å². The molecule has 6 heteroatoms. The van der Waals surface area contributed by atoms with Crippen LogP contribution in [0.2, 0.25) is 0 Å². The van der Waals surface area contributed by atoms with Gasteiger partial charge in [-0.3, -0.25) is 9.59 Å². The molecular weight excluding hydrogens is 396 g/mol. The number of thiophene rings is 1. The molecule has 0 saturated heterocycles. The maximum Gasteiger partial charge on any atom is 0.290 e. The van der Waals surface area contributed by atoms with Gasteiger partial charge in [-0.25, -0.2) is 0 Å². The summed E-state index contributed by atoms with van der Waals surface area (Å²) < 4.78 is 5.30. The van der Waals surface area contributed by atoms with E-state index >= 15 is 0 Å². The second-order valence-corrected chi connectivity index (χ2v) is 8.52. The van der Waals surface area contributed by atoms with Crippen LogP contribution in [0.5, 0.6) is 0 Å². The number of hydrogen-bond acceptors (Lipinski definition) is 4. The maximum atomic E-state index is 13.3. The van der Waals surface area contributed by atoms with E-state index in [1.807, 2.05) is 52.7 Å². The molecule has 2 heterocycles. The molecule has 0 aliphatic carbocycles. The molecule has 0 bridgehead atoms. The van der Waals surface area contributed by atoms with Gasteiger partial charge in [0, 0.05) is 18.0 Å². The molecule has 1 aromatic carbocycles. The molecule has 158 valence electrons. The summed E-state index contributed by atoms with van der Waals surface area (Å²) in [6.07, 6.45) is 2.41. The predicted molar refractivity (Wildman–Crippen MR) is 119 cm³/mol. The first kappa shape index (κ1) is 21.8. The van der Waals surface area contributed by atoms with Crippen LogP contribution in [0.25, 0.3) is 0 Å². The van der Waals surface area contributed by atoms with E-state index in [4.69, 9.17) is 4.42 Å². The number of hydrogen-bond donors (Lipinski definition) is 0. The highest BCUT2D eigenvalue weighted by atomic mass is 32.1. The maximum absolute atomic E-state index is 13.3. The third-order valence-electron chi connectivity index (χ3n) is 5.07. The highest BCUT2D eigenvalue weighted by Gasteiger charge is 2.25. The van der Waals surface area contributed by atoms with Crippen LogP contribution < -0.4 is 0 Å². The van der Waals surface area contributed by atoms with Gasteiger partial charge in [0.1, 0.15) is 6.54 Å². The smallest absolute Gasteiger partial charge is 0.290 e. The molecular formula is C24H28N2O3S. The topological polar surface area (TPSA) is 53.8 Å². The summed E-state index contributed by atoms with van der Waals surface area (Å²) in [6, 6.07) is 17.3. The summed E-state index contributed by atoms with van der Waals surface area (Å²) in [4.78, 5) is 30.8. The minimum Gasteiger partial charge on any atom is -0.459 e. The lowest BCUT2D eigenvalue weighted by molar-refractivity contribution is -0.133. The number of carbonyl (C=O) groups is 2. The molecule has 0 spiro atoms. The molecule has 0 fully saturated rings. The zero-order chi connectivity index (χ0) is 21.3. The van der Waals surface area contributed by atoms with Gasteiger partial charge in [-0.2, -0.15) is 0 Å². The van der Waals surface area contributed by atoms with E-state index in [1.54, 1.807) is 28.4 Å². The quantitative estimate of drug-likeness (QED) is 0.457. The monoisotopic (exact) mass is 424 g/mol. The summed E-state index contributed by atoms with van der Waals surface area (Å²) in [5, 5.41) is 2.01. The van der Waals surface area contributed by atoms with Crippen LogP contribution in [0.3, 0.4) is 0 Å². The summed E-state index contributed by atoms with van der Waals surface area (Å²) in [5.41, 5.74) is 1.06. The van der Waals surface area contributed by atoms with Gasteiger partial charge in [0.25, 0.3) is 5.91 Å². The number of carbonyl (C=O) groups excluding carboxylic acids is 2. The molecule has 1 unspecified atom stereocenters. The Morgan fingerprint density at radius 2 is 1.80 bits per heavy atom. The van der Waals surface area contributed by atoms with Gasteiger partial charge in [-0.15, -0.1) is 11.3 Å². The zero-order valence-electron chi connectivity index (χ0n) is 17.5. The molecule has 5 nitrogen and oxygen atoms in total. The van der Waals surface area contributed by atoms with Gasteiger partial charge in [-0.05, 0) is 35.1 Å². The van der Waals surface area contributed by atoms with Crippen LogP contribution in [-0.4, -0.2) is 34.7 Å². The molecule has 2 amide bonds. The molecule has 1 atom stereocenters. The normalized spacial score (nSPS) is 11.8. The Balaban J connectivity index is 1.78. The number of furan rings is 1. The van der Waals surface area contributed by atoms with Gasteiger partial charge >= 0.3 is 0 Å². The van der Waals surface area contributed by atoms with E-state index in [0.717, 1.165) is 16.9 Å². The molecule has 3 aromatic rings. The summed E-state index contributed by atoms with van der Waals surface area (Å²) >= 11 is 1.63. The van der Waals surface area contributed by atoms with E-state index in [9.17, 15) is 9.59 Å². The van der Waals surface area contributed by atoms with Crippen molar-refractivity contribution < 1.29 is 14.0 Å². The largest absolute Gasteiger partial charge is 0.459 e. The van der Waals surface area contributed by atoms with E-state index in [0.29, 0.717) is 19.6 Å². The van der Waals surface area contributed by atoms with Crippen molar-refractivity contribution in [3.05, 3.63) is 82.4 Å². The average molecular weight is 425 g/mol. The lowest BCUT2D eigenvalue weighted by Gasteiger charge is -2.28. The second kappa shape index (κ2) is 10.8. The number of amides is 2. The summed E-state index contributed by atoms with van der Waals surface area (Å²) in [7, 11) is 0. The van der Waals surface area contributed by atoms with Crippen LogP contribution in [-0.2, 0) is 17.9 Å². The highest BCUT2D eigenvalue weighted by Crippen LogP contribution is 2.17. The van der Waals surface area contributed by atoms with Crippen LogP contribution >= 0.6 is 11.3 Å². The Hall–Kier alpha value is -2.86. The molecule has 30 heavy (non-hydrogen) atoms. The van der Waals surface area contributed by atoms with Crippen LogP contribution in [0.4, 0.5) is 0 Å². The molecule has 3 rings (SSSR count). The Morgan fingerprint density at radius 3 is 2.43 bits per heavy atom. The fraction of sp³-hybridized carbons (Fsp3) is 0.333. The van der Waals surface area contributed by atoms with E-state index in [1.165, 1.54) is 6.26 Å². The molecule has 0 saturated carbocycles. The molecule has 0 aliphatic heterocycles. The van der Waals surface area contributed by atoms with Crippen LogP contribution in [0, 0.1) is 5.92 Å². The van der Waals surface area contributed by atoms with Crippen molar-refractivity contribution in [1.29, 1.82) is 0 Å². The first-order chi connectivity index (χ1) is 14.6. The van der Waals surface area contributed by atoms with Crippen molar-refractivity contribution in [3.8, 4) is 0 Å². The molecule has 2 aromatic heterocycles. The van der Waals surface area contributed by atoms with Gasteiger partial charge in [0.15, 0.2) is 5.76 Å². The average Bonchev–Trinajstić information content (AvgIpc) is 3.47. The lowest BCUT2D eigenvalue weighted by Crippen LogP contribution is -2.44. The second-order valence-electron chi connectivity index (χ2n) is 7.49. The third-order valence-corrected chi connectivity index (χ3v) is 5.93. The fourth-order valence-electron chi connectivity index (χ4n) is 3.17. The number of nitrogens with zero attached hydrogens (tertiary/aromatic N) is 2. The predicted octanol–water partition coefficient (Wildman–Crippen LogP) is 5.06. The van der Waals surface area contributed by atoms with E-state index in [-0.39, 0.29) is 30.0 Å². The van der Waals surface area contributed by atoms with E-state index in [2.05, 4.69) is 13.8 Å². The zero-order valence-corrected chi connectivity index (χ0v) is 18.3. The van der Waals surface area contributed by atoms with Crippen molar-refractivity contribution in [2.75, 3.05) is 13.1 Å². The third kappa shape index (κ3) is 6.07. The van der Waals surface area contributed by atoms with Crippen LogP contribution in [0.1, 0.15) is 41.3 Å². The molecule has 0 radical (unpaired) electrons. The van der Waals surface area contributed by atoms with Crippen LogP contribution in [0.15, 0.2) is 70.7 Å². The number of rotatable bonds is 10. The summed E-state index contributed by atoms with van der Waals surface area (Å²) in [5.74, 6) is 0.232. The van der Waals surface area contributed by atoms with Gasteiger partial charge in [-0.1, -0.05) is 56.7 Å². The Bertz CT molecular complexity index is 907. The van der Waals surface area contributed by atoms with Gasteiger partial charge < -0.3 is 14.2 Å². The minimum absolute atomic E-state index is 0.0298. The van der Waals surface area contributed by atoms with E-state index < -0.39 is 0 Å². The van der Waals surface area contributed by atoms with Crippen molar-refractivity contribution in [2.45, 2.75) is 33.4 Å². The van der Waals surface area contributed by atoms with Crippen molar-refractivity contribution in [1.82, 2.24) is 9.80 Å². The number of benzene rings is 1. The van der Waals surface area contributed by atoms with Crippen molar-refractivity contribution in [2.24, 2.45) is 5.92 Å². The fourth-order valence-corrected chi connectivity index (χ4v) is 3.89. The Morgan fingerprint density at radius 1 is 1.00 bits per heavy atom. The minimum atomic E-state index is -0.246. The molecule has 0 aliphatic rings. The van der Waals surface area contributed by atoms with Gasteiger partial charge in [0.05, 0.1) is 12.8 Å². The summed E-state index contributed by atoms with van der Waals surface area (Å²) in [6.45, 7) is 5.74. The Kier molecular flexibility index (Phi) is 7.85.